The average Bonchev–Trinajstić information content (AvgIpc) is 2.15. The van der Waals surface area contributed by atoms with E-state index >= 15 is 0 Å². The minimum atomic E-state index is -0.690. The Morgan fingerprint density at radius 3 is 2.86 bits per heavy atom. The topological polar surface area (TPSA) is 40.5 Å². The summed E-state index contributed by atoms with van der Waals surface area (Å²) in [4.78, 5) is 12.7. The minimum absolute atomic E-state index is 0.0254. The Hall–Kier alpha value is -1.58. The quantitative estimate of drug-likeness (QED) is 0.680. The molecule has 74 valence electrons. The van der Waals surface area contributed by atoms with Gasteiger partial charge in [-0.1, -0.05) is 0 Å². The number of anilines is 1. The molecule has 0 spiro atoms. The molecule has 0 unspecified atom stereocenters. The molecule has 0 radical (unpaired) electrons. The van der Waals surface area contributed by atoms with Gasteiger partial charge in [0.05, 0.1) is 0 Å². The van der Waals surface area contributed by atoms with Crippen LogP contribution in [0.2, 0.25) is 0 Å². The fourth-order valence-electron chi connectivity index (χ4n) is 1.65. The molecule has 0 fully saturated rings. The van der Waals surface area contributed by atoms with Crippen molar-refractivity contribution in [1.82, 2.24) is 0 Å². The summed E-state index contributed by atoms with van der Waals surface area (Å²) in [5, 5.41) is 9.15. The van der Waals surface area contributed by atoms with Crippen LogP contribution in [0, 0.1) is 5.82 Å². The highest BCUT2D eigenvalue weighted by atomic mass is 19.1. The zero-order valence-electron chi connectivity index (χ0n) is 7.75. The predicted molar refractivity (Wildman–Crippen MR) is 49.8 cm³/mol. The molecule has 1 amide bonds. The van der Waals surface area contributed by atoms with E-state index in [0.29, 0.717) is 18.5 Å². The van der Waals surface area contributed by atoms with Crippen molar-refractivity contribution in [3.05, 3.63) is 23.5 Å². The highest BCUT2D eigenvalue weighted by molar-refractivity contribution is 5.95. The number of phenolic OH excluding ortho intramolecular Hbond substituents is 1. The van der Waals surface area contributed by atoms with Crippen LogP contribution in [0.4, 0.5) is 10.1 Å². The first-order chi connectivity index (χ1) is 6.59. The van der Waals surface area contributed by atoms with Crippen LogP contribution in [0.25, 0.3) is 0 Å². The van der Waals surface area contributed by atoms with Gasteiger partial charge in [-0.05, 0) is 18.1 Å². The van der Waals surface area contributed by atoms with Crippen molar-refractivity contribution in [2.45, 2.75) is 12.8 Å². The average molecular weight is 195 g/mol. The van der Waals surface area contributed by atoms with E-state index in [9.17, 15) is 9.18 Å². The third-order valence-electron chi connectivity index (χ3n) is 2.49. The van der Waals surface area contributed by atoms with Gasteiger partial charge in [-0.25, -0.2) is 4.39 Å². The van der Waals surface area contributed by atoms with Gasteiger partial charge in [0, 0.05) is 25.2 Å². The third-order valence-corrected chi connectivity index (χ3v) is 2.49. The Morgan fingerprint density at radius 2 is 2.14 bits per heavy atom. The first-order valence-electron chi connectivity index (χ1n) is 4.37. The summed E-state index contributed by atoms with van der Waals surface area (Å²) in [6.07, 6.45) is 0.973. The SMILES string of the molecule is CN1C(=O)CCc2cc(O)c(F)cc21. The van der Waals surface area contributed by atoms with Gasteiger partial charge in [-0.3, -0.25) is 4.79 Å². The van der Waals surface area contributed by atoms with Crippen LogP contribution in [-0.4, -0.2) is 18.1 Å². The molecular weight excluding hydrogens is 185 g/mol. The summed E-state index contributed by atoms with van der Waals surface area (Å²) < 4.78 is 13.0. The Bertz CT molecular complexity index is 403. The largest absolute Gasteiger partial charge is 0.505 e. The van der Waals surface area contributed by atoms with Gasteiger partial charge >= 0.3 is 0 Å². The predicted octanol–water partition coefficient (Wildman–Crippen LogP) is 1.44. The first kappa shape index (κ1) is 8.99. The summed E-state index contributed by atoms with van der Waals surface area (Å²) >= 11 is 0. The molecule has 14 heavy (non-hydrogen) atoms. The summed E-state index contributed by atoms with van der Waals surface area (Å²) in [5.74, 6) is -1.07. The number of hydrogen-bond acceptors (Lipinski definition) is 2. The van der Waals surface area contributed by atoms with Crippen LogP contribution in [0.15, 0.2) is 12.1 Å². The number of aromatic hydroxyl groups is 1. The number of carbonyl (C=O) groups excluding carboxylic acids is 1. The summed E-state index contributed by atoms with van der Waals surface area (Å²) in [6.45, 7) is 0. The summed E-state index contributed by atoms with van der Waals surface area (Å²) in [6, 6.07) is 2.58. The van der Waals surface area contributed by atoms with Crippen LogP contribution >= 0.6 is 0 Å². The number of hydrogen-bond donors (Lipinski definition) is 1. The molecule has 1 N–H and O–H groups in total. The number of nitrogens with zero attached hydrogens (tertiary/aromatic N) is 1. The second kappa shape index (κ2) is 2.97. The van der Waals surface area contributed by atoms with Crippen molar-refractivity contribution in [3.63, 3.8) is 0 Å². The number of fused-ring (bicyclic) bond motifs is 1. The number of carbonyl (C=O) groups is 1. The molecule has 0 saturated heterocycles. The van der Waals surface area contributed by atoms with Gasteiger partial charge < -0.3 is 10.0 Å². The third kappa shape index (κ3) is 1.23. The van der Waals surface area contributed by atoms with Crippen LogP contribution in [0.3, 0.4) is 0 Å². The molecular formula is C10H10FNO2. The van der Waals surface area contributed by atoms with Crippen molar-refractivity contribution >= 4 is 11.6 Å². The lowest BCUT2D eigenvalue weighted by Gasteiger charge is -2.25. The van der Waals surface area contributed by atoms with Crippen molar-refractivity contribution in [2.24, 2.45) is 0 Å². The van der Waals surface area contributed by atoms with E-state index in [0.717, 1.165) is 5.56 Å². The maximum absolute atomic E-state index is 13.0. The van der Waals surface area contributed by atoms with E-state index in [4.69, 9.17) is 5.11 Å². The molecule has 3 nitrogen and oxygen atoms in total. The van der Waals surface area contributed by atoms with Gasteiger partial charge in [0.25, 0.3) is 0 Å². The maximum atomic E-state index is 13.0. The molecule has 0 saturated carbocycles. The number of rotatable bonds is 0. The molecule has 1 heterocycles. The van der Waals surface area contributed by atoms with Gasteiger partial charge in [0.15, 0.2) is 11.6 Å². The molecule has 1 aliphatic heterocycles. The smallest absolute Gasteiger partial charge is 0.227 e. The Labute approximate surface area is 80.8 Å². The molecule has 0 bridgehead atoms. The first-order valence-corrected chi connectivity index (χ1v) is 4.37. The van der Waals surface area contributed by atoms with Crippen molar-refractivity contribution in [2.75, 3.05) is 11.9 Å². The number of aryl methyl sites for hydroxylation is 1. The monoisotopic (exact) mass is 195 g/mol. The number of amides is 1. The van der Waals surface area contributed by atoms with Gasteiger partial charge in [-0.15, -0.1) is 0 Å². The molecule has 0 aromatic heterocycles. The lowest BCUT2D eigenvalue weighted by atomic mass is 10.0. The number of benzene rings is 1. The van der Waals surface area contributed by atoms with E-state index in [1.54, 1.807) is 7.05 Å². The molecule has 4 heteroatoms. The van der Waals surface area contributed by atoms with Gasteiger partial charge in [0.1, 0.15) is 0 Å². The lowest BCUT2D eigenvalue weighted by molar-refractivity contribution is -0.118. The Morgan fingerprint density at radius 1 is 1.43 bits per heavy atom. The van der Waals surface area contributed by atoms with Crippen LogP contribution in [0.1, 0.15) is 12.0 Å². The highest BCUT2D eigenvalue weighted by Crippen LogP contribution is 2.31. The fourth-order valence-corrected chi connectivity index (χ4v) is 1.65. The number of halogens is 1. The molecule has 0 atom stereocenters. The van der Waals surface area contributed by atoms with E-state index in [-0.39, 0.29) is 11.7 Å². The fraction of sp³-hybridized carbons (Fsp3) is 0.300. The molecule has 2 rings (SSSR count). The molecule has 0 aliphatic carbocycles. The minimum Gasteiger partial charge on any atom is -0.505 e. The Balaban J connectivity index is 2.55. The van der Waals surface area contributed by atoms with Crippen LogP contribution < -0.4 is 4.90 Å². The van der Waals surface area contributed by atoms with Crippen LogP contribution in [0.5, 0.6) is 5.75 Å². The highest BCUT2D eigenvalue weighted by Gasteiger charge is 2.22. The number of phenols is 1. The zero-order valence-corrected chi connectivity index (χ0v) is 7.75. The maximum Gasteiger partial charge on any atom is 0.227 e. The molecule has 1 aromatic rings. The molecule has 1 aromatic carbocycles. The standard InChI is InChI=1S/C10H10FNO2/c1-12-8-5-7(11)9(13)4-6(8)2-3-10(12)14/h4-5,13H,2-3H2,1H3. The molecule has 1 aliphatic rings. The van der Waals surface area contributed by atoms with Crippen molar-refractivity contribution in [1.29, 1.82) is 0 Å². The van der Waals surface area contributed by atoms with Crippen LogP contribution in [-0.2, 0) is 11.2 Å². The second-order valence-corrected chi connectivity index (χ2v) is 3.39. The van der Waals surface area contributed by atoms with E-state index in [2.05, 4.69) is 0 Å². The van der Waals surface area contributed by atoms with E-state index in [1.165, 1.54) is 17.0 Å². The summed E-state index contributed by atoms with van der Waals surface area (Å²) in [7, 11) is 1.61. The second-order valence-electron chi connectivity index (χ2n) is 3.39. The van der Waals surface area contributed by atoms with E-state index < -0.39 is 5.82 Å². The van der Waals surface area contributed by atoms with Gasteiger partial charge in [-0.2, -0.15) is 0 Å². The zero-order chi connectivity index (χ0) is 10.3. The lowest BCUT2D eigenvalue weighted by Crippen LogP contribution is -2.31. The Kier molecular flexibility index (Phi) is 1.91. The normalized spacial score (nSPS) is 15.6. The van der Waals surface area contributed by atoms with Gasteiger partial charge in [0.2, 0.25) is 5.91 Å². The van der Waals surface area contributed by atoms with E-state index in [1.807, 2.05) is 0 Å². The van der Waals surface area contributed by atoms with Crippen molar-refractivity contribution in [3.8, 4) is 5.75 Å². The summed E-state index contributed by atoms with van der Waals surface area (Å²) in [5.41, 5.74) is 1.36. The van der Waals surface area contributed by atoms with Crippen molar-refractivity contribution < 1.29 is 14.3 Å².